The molecule has 0 radical (unpaired) electrons. The normalized spacial score (nSPS) is 19.9. The monoisotopic (exact) mass is 247 g/mol. The third-order valence-corrected chi connectivity index (χ3v) is 3.64. The van der Waals surface area contributed by atoms with Crippen molar-refractivity contribution in [2.75, 3.05) is 11.4 Å². The zero-order chi connectivity index (χ0) is 13.1. The van der Waals surface area contributed by atoms with Gasteiger partial charge in [0.25, 0.3) is 0 Å². The van der Waals surface area contributed by atoms with Gasteiger partial charge >= 0.3 is 0 Å². The molecule has 1 aromatic carbocycles. The number of amides is 1. The lowest BCUT2D eigenvalue weighted by Crippen LogP contribution is -2.48. The maximum atomic E-state index is 11.5. The Morgan fingerprint density at radius 2 is 2.22 bits per heavy atom. The van der Waals surface area contributed by atoms with E-state index in [2.05, 4.69) is 24.0 Å². The van der Waals surface area contributed by atoms with Gasteiger partial charge in [-0.15, -0.1) is 0 Å². The van der Waals surface area contributed by atoms with Gasteiger partial charge in [0.15, 0.2) is 0 Å². The highest BCUT2D eigenvalue weighted by atomic mass is 16.1. The van der Waals surface area contributed by atoms with Gasteiger partial charge in [-0.3, -0.25) is 4.79 Å². The van der Waals surface area contributed by atoms with Crippen molar-refractivity contribution in [1.82, 2.24) is 0 Å². The topological polar surface area (TPSA) is 72.3 Å². The zero-order valence-corrected chi connectivity index (χ0v) is 10.9. The molecular formula is C14H21N3O. The predicted molar refractivity (Wildman–Crippen MR) is 73.2 cm³/mol. The molecule has 0 saturated carbocycles. The lowest BCUT2D eigenvalue weighted by atomic mass is 9.99. The first-order valence-electron chi connectivity index (χ1n) is 6.49. The summed E-state index contributed by atoms with van der Waals surface area (Å²) in [7, 11) is 0. The standard InChI is InChI=1S/C14H21N3O/c1-10-8-11(9-15)5-6-12(10)17-7-3-2-4-13(17)14(16)18/h5-6,8,13H,2-4,7,9,15H2,1H3,(H2,16,18). The van der Waals surface area contributed by atoms with E-state index >= 15 is 0 Å². The van der Waals surface area contributed by atoms with E-state index in [1.54, 1.807) is 0 Å². The number of carbonyl (C=O) groups excluding carboxylic acids is 1. The van der Waals surface area contributed by atoms with Gasteiger partial charge in [0.05, 0.1) is 0 Å². The summed E-state index contributed by atoms with van der Waals surface area (Å²) < 4.78 is 0. The Labute approximate surface area is 108 Å². The summed E-state index contributed by atoms with van der Waals surface area (Å²) in [6.07, 6.45) is 3.04. The summed E-state index contributed by atoms with van der Waals surface area (Å²) >= 11 is 0. The number of nitrogens with zero attached hydrogens (tertiary/aromatic N) is 1. The fourth-order valence-corrected chi connectivity index (χ4v) is 2.68. The van der Waals surface area contributed by atoms with E-state index in [0.29, 0.717) is 6.54 Å². The number of hydrogen-bond donors (Lipinski definition) is 2. The van der Waals surface area contributed by atoms with Crippen molar-refractivity contribution in [3.8, 4) is 0 Å². The van der Waals surface area contributed by atoms with Crippen LogP contribution in [0.2, 0.25) is 0 Å². The Balaban J connectivity index is 2.31. The fourth-order valence-electron chi connectivity index (χ4n) is 2.68. The predicted octanol–water partition coefficient (Wildman–Crippen LogP) is 1.30. The summed E-state index contributed by atoms with van der Waals surface area (Å²) in [6.45, 7) is 3.50. The first kappa shape index (κ1) is 12.9. The van der Waals surface area contributed by atoms with Crippen molar-refractivity contribution >= 4 is 11.6 Å². The average molecular weight is 247 g/mol. The molecule has 0 bridgehead atoms. The molecule has 1 atom stereocenters. The molecule has 1 amide bonds. The molecule has 1 heterocycles. The van der Waals surface area contributed by atoms with Crippen LogP contribution in [-0.4, -0.2) is 18.5 Å². The Bertz CT molecular complexity index is 445. The van der Waals surface area contributed by atoms with Gasteiger partial charge in [0.2, 0.25) is 5.91 Å². The van der Waals surface area contributed by atoms with Crippen molar-refractivity contribution in [2.45, 2.75) is 38.8 Å². The quantitative estimate of drug-likeness (QED) is 0.845. The maximum Gasteiger partial charge on any atom is 0.240 e. The van der Waals surface area contributed by atoms with Gasteiger partial charge in [0, 0.05) is 18.8 Å². The fraction of sp³-hybridized carbons (Fsp3) is 0.500. The number of anilines is 1. The molecule has 0 aliphatic carbocycles. The summed E-state index contributed by atoms with van der Waals surface area (Å²) in [5, 5.41) is 0. The molecule has 4 nitrogen and oxygen atoms in total. The van der Waals surface area contributed by atoms with E-state index in [1.165, 1.54) is 0 Å². The minimum atomic E-state index is -0.225. The van der Waals surface area contributed by atoms with Crippen molar-refractivity contribution in [3.05, 3.63) is 29.3 Å². The number of nitrogens with two attached hydrogens (primary N) is 2. The molecule has 1 saturated heterocycles. The first-order chi connectivity index (χ1) is 8.63. The summed E-state index contributed by atoms with van der Waals surface area (Å²) in [6, 6.07) is 6.00. The van der Waals surface area contributed by atoms with E-state index in [4.69, 9.17) is 11.5 Å². The summed E-state index contributed by atoms with van der Waals surface area (Å²) in [5.41, 5.74) is 14.5. The molecule has 1 aromatic rings. The van der Waals surface area contributed by atoms with Gasteiger partial charge in [0.1, 0.15) is 6.04 Å². The van der Waals surface area contributed by atoms with Gasteiger partial charge in [-0.25, -0.2) is 0 Å². The van der Waals surface area contributed by atoms with Crippen LogP contribution in [0.1, 0.15) is 30.4 Å². The molecule has 1 fully saturated rings. The Morgan fingerprint density at radius 1 is 1.44 bits per heavy atom. The van der Waals surface area contributed by atoms with E-state index in [-0.39, 0.29) is 11.9 Å². The van der Waals surface area contributed by atoms with E-state index in [0.717, 1.165) is 42.6 Å². The summed E-state index contributed by atoms with van der Waals surface area (Å²) in [4.78, 5) is 13.7. The number of benzene rings is 1. The van der Waals surface area contributed by atoms with Crippen molar-refractivity contribution in [2.24, 2.45) is 11.5 Å². The van der Waals surface area contributed by atoms with E-state index in [1.807, 2.05) is 6.07 Å². The number of primary amides is 1. The third kappa shape index (κ3) is 2.48. The lowest BCUT2D eigenvalue weighted by Gasteiger charge is -2.36. The molecule has 1 unspecified atom stereocenters. The van der Waals surface area contributed by atoms with Crippen molar-refractivity contribution < 1.29 is 4.79 Å². The highest BCUT2D eigenvalue weighted by Crippen LogP contribution is 2.28. The van der Waals surface area contributed by atoms with Crippen LogP contribution in [0.25, 0.3) is 0 Å². The van der Waals surface area contributed by atoms with E-state index < -0.39 is 0 Å². The molecule has 1 aliphatic rings. The molecule has 0 spiro atoms. The van der Waals surface area contributed by atoms with Gasteiger partial charge in [-0.2, -0.15) is 0 Å². The average Bonchev–Trinajstić information content (AvgIpc) is 2.38. The Hall–Kier alpha value is -1.55. The Kier molecular flexibility index (Phi) is 3.87. The van der Waals surface area contributed by atoms with Crippen LogP contribution >= 0.6 is 0 Å². The lowest BCUT2D eigenvalue weighted by molar-refractivity contribution is -0.119. The maximum absolute atomic E-state index is 11.5. The zero-order valence-electron chi connectivity index (χ0n) is 10.9. The van der Waals surface area contributed by atoms with Crippen LogP contribution < -0.4 is 16.4 Å². The third-order valence-electron chi connectivity index (χ3n) is 3.64. The van der Waals surface area contributed by atoms with Crippen molar-refractivity contribution in [1.29, 1.82) is 0 Å². The highest BCUT2D eigenvalue weighted by molar-refractivity contribution is 5.84. The molecule has 1 aliphatic heterocycles. The van der Waals surface area contributed by atoms with Crippen LogP contribution in [0.15, 0.2) is 18.2 Å². The number of piperidine rings is 1. The number of hydrogen-bond acceptors (Lipinski definition) is 3. The van der Waals surface area contributed by atoms with Crippen LogP contribution in [0.4, 0.5) is 5.69 Å². The van der Waals surface area contributed by atoms with Crippen LogP contribution in [0.5, 0.6) is 0 Å². The minimum Gasteiger partial charge on any atom is -0.368 e. The van der Waals surface area contributed by atoms with Crippen LogP contribution in [0, 0.1) is 6.92 Å². The summed E-state index contributed by atoms with van der Waals surface area (Å²) in [5.74, 6) is -0.225. The molecule has 18 heavy (non-hydrogen) atoms. The van der Waals surface area contributed by atoms with Gasteiger partial charge in [-0.05, 0) is 43.4 Å². The minimum absolute atomic E-state index is 0.166. The second-order valence-electron chi connectivity index (χ2n) is 4.93. The van der Waals surface area contributed by atoms with Gasteiger partial charge < -0.3 is 16.4 Å². The van der Waals surface area contributed by atoms with Crippen LogP contribution in [-0.2, 0) is 11.3 Å². The molecule has 4 heteroatoms. The SMILES string of the molecule is Cc1cc(CN)ccc1N1CCCCC1C(N)=O. The Morgan fingerprint density at radius 3 is 2.83 bits per heavy atom. The molecular weight excluding hydrogens is 226 g/mol. The second kappa shape index (κ2) is 5.40. The highest BCUT2D eigenvalue weighted by Gasteiger charge is 2.27. The second-order valence-corrected chi connectivity index (χ2v) is 4.93. The largest absolute Gasteiger partial charge is 0.368 e. The molecule has 98 valence electrons. The smallest absolute Gasteiger partial charge is 0.240 e. The first-order valence-corrected chi connectivity index (χ1v) is 6.49. The van der Waals surface area contributed by atoms with Gasteiger partial charge in [-0.1, -0.05) is 12.1 Å². The number of carbonyl (C=O) groups is 1. The molecule has 2 rings (SSSR count). The van der Waals surface area contributed by atoms with E-state index in [9.17, 15) is 4.79 Å². The number of aryl methyl sites for hydroxylation is 1. The number of rotatable bonds is 3. The van der Waals surface area contributed by atoms with Crippen molar-refractivity contribution in [3.63, 3.8) is 0 Å². The molecule has 0 aromatic heterocycles. The molecule has 4 N–H and O–H groups in total. The van der Waals surface area contributed by atoms with Crippen LogP contribution in [0.3, 0.4) is 0 Å².